The maximum Gasteiger partial charge on any atom is 0.290 e. The number of ketones is 1. The predicted octanol–water partition coefficient (Wildman–Crippen LogP) is 4.08. The number of benzene rings is 1. The molecule has 0 bridgehead atoms. The Labute approximate surface area is 147 Å². The SMILES string of the molecule is CC(C)CC(=O)C1=C(O)C(=O)N(C2CCCC2)C1c1ccc(F)cc1. The molecule has 25 heavy (non-hydrogen) atoms. The first-order valence-corrected chi connectivity index (χ1v) is 8.94. The van der Waals surface area contributed by atoms with Gasteiger partial charge in [-0.1, -0.05) is 38.8 Å². The van der Waals surface area contributed by atoms with E-state index in [1.165, 1.54) is 12.1 Å². The van der Waals surface area contributed by atoms with Crippen LogP contribution in [0, 0.1) is 11.7 Å². The van der Waals surface area contributed by atoms with Crippen LogP contribution in [0.3, 0.4) is 0 Å². The van der Waals surface area contributed by atoms with E-state index < -0.39 is 17.7 Å². The normalized spacial score (nSPS) is 21.7. The number of Topliss-reactive ketones (excluding diaryl/α,β-unsaturated/α-hetero) is 1. The van der Waals surface area contributed by atoms with Crippen LogP contribution in [0.5, 0.6) is 0 Å². The van der Waals surface area contributed by atoms with Gasteiger partial charge in [0.15, 0.2) is 11.5 Å². The Morgan fingerprint density at radius 1 is 1.24 bits per heavy atom. The molecule has 1 saturated carbocycles. The van der Waals surface area contributed by atoms with Gasteiger partial charge in [0.2, 0.25) is 0 Å². The van der Waals surface area contributed by atoms with Gasteiger partial charge in [-0.05, 0) is 36.5 Å². The zero-order valence-electron chi connectivity index (χ0n) is 14.7. The standard InChI is InChI=1S/C20H24FNO3/c1-12(2)11-16(23)17-18(13-7-9-14(21)10-8-13)22(20(25)19(17)24)15-5-3-4-6-15/h7-10,12,15,18,24H,3-6,11H2,1-2H3. The summed E-state index contributed by atoms with van der Waals surface area (Å²) in [5.74, 6) is -1.38. The molecule has 3 rings (SSSR count). The zero-order chi connectivity index (χ0) is 18.1. The lowest BCUT2D eigenvalue weighted by atomic mass is 9.91. The van der Waals surface area contributed by atoms with Crippen molar-refractivity contribution in [2.24, 2.45) is 5.92 Å². The highest BCUT2D eigenvalue weighted by Gasteiger charge is 2.46. The van der Waals surface area contributed by atoms with Gasteiger partial charge in [-0.3, -0.25) is 9.59 Å². The highest BCUT2D eigenvalue weighted by Crippen LogP contribution is 2.42. The maximum atomic E-state index is 13.3. The largest absolute Gasteiger partial charge is 0.503 e. The van der Waals surface area contributed by atoms with Crippen LogP contribution < -0.4 is 0 Å². The summed E-state index contributed by atoms with van der Waals surface area (Å²) in [5.41, 5.74) is 0.829. The molecule has 0 saturated heterocycles. The highest BCUT2D eigenvalue weighted by atomic mass is 19.1. The number of amides is 1. The predicted molar refractivity (Wildman–Crippen MR) is 92.4 cm³/mol. The molecule has 1 atom stereocenters. The molecule has 1 aliphatic heterocycles. The fourth-order valence-corrected chi connectivity index (χ4v) is 3.92. The summed E-state index contributed by atoms with van der Waals surface area (Å²) < 4.78 is 13.3. The first-order chi connectivity index (χ1) is 11.9. The van der Waals surface area contributed by atoms with Crippen molar-refractivity contribution >= 4 is 11.7 Å². The van der Waals surface area contributed by atoms with Gasteiger partial charge in [-0.15, -0.1) is 0 Å². The molecule has 0 spiro atoms. The van der Waals surface area contributed by atoms with E-state index in [0.29, 0.717) is 5.56 Å². The first kappa shape index (κ1) is 17.6. The molecule has 1 amide bonds. The van der Waals surface area contributed by atoms with E-state index in [1.54, 1.807) is 17.0 Å². The quantitative estimate of drug-likeness (QED) is 0.875. The van der Waals surface area contributed by atoms with Gasteiger partial charge in [0.25, 0.3) is 5.91 Å². The van der Waals surface area contributed by atoms with Gasteiger partial charge >= 0.3 is 0 Å². The molecule has 1 aromatic carbocycles. The lowest BCUT2D eigenvalue weighted by Crippen LogP contribution is -2.38. The highest BCUT2D eigenvalue weighted by molar-refractivity contribution is 6.09. The van der Waals surface area contributed by atoms with E-state index in [9.17, 15) is 19.1 Å². The Bertz CT molecular complexity index is 702. The second kappa shape index (κ2) is 6.98. The Hall–Kier alpha value is -2.17. The lowest BCUT2D eigenvalue weighted by Gasteiger charge is -2.32. The number of hydrogen-bond acceptors (Lipinski definition) is 3. The maximum absolute atomic E-state index is 13.3. The van der Waals surface area contributed by atoms with Gasteiger partial charge in [0.1, 0.15) is 5.82 Å². The molecule has 1 aliphatic carbocycles. The molecule has 5 heteroatoms. The topological polar surface area (TPSA) is 57.6 Å². The van der Waals surface area contributed by atoms with Crippen molar-refractivity contribution in [3.8, 4) is 0 Å². The van der Waals surface area contributed by atoms with E-state index in [-0.39, 0.29) is 35.6 Å². The summed E-state index contributed by atoms with van der Waals surface area (Å²) in [4.78, 5) is 27.1. The minimum atomic E-state index is -0.623. The molecule has 1 heterocycles. The lowest BCUT2D eigenvalue weighted by molar-refractivity contribution is -0.131. The summed E-state index contributed by atoms with van der Waals surface area (Å²) in [6, 6.07) is 5.23. The molecule has 4 nitrogen and oxygen atoms in total. The van der Waals surface area contributed by atoms with Gasteiger partial charge in [-0.25, -0.2) is 4.39 Å². The number of aliphatic hydroxyl groups is 1. The number of hydrogen-bond donors (Lipinski definition) is 1. The Kier molecular flexibility index (Phi) is 4.93. The molecular formula is C20H24FNO3. The van der Waals surface area contributed by atoms with E-state index in [4.69, 9.17) is 0 Å². The minimum absolute atomic E-state index is 0.00838. The average Bonchev–Trinajstić information content (AvgIpc) is 3.15. The number of halogens is 1. The Morgan fingerprint density at radius 3 is 2.40 bits per heavy atom. The molecule has 2 aliphatic rings. The fraction of sp³-hybridized carbons (Fsp3) is 0.500. The monoisotopic (exact) mass is 345 g/mol. The second-order valence-electron chi connectivity index (χ2n) is 7.39. The summed E-state index contributed by atoms with van der Waals surface area (Å²) in [7, 11) is 0. The van der Waals surface area contributed by atoms with Crippen molar-refractivity contribution in [1.29, 1.82) is 0 Å². The van der Waals surface area contributed by atoms with Crippen LogP contribution in [-0.2, 0) is 9.59 Å². The number of carbonyl (C=O) groups excluding carboxylic acids is 2. The van der Waals surface area contributed by atoms with Crippen LogP contribution >= 0.6 is 0 Å². The Balaban J connectivity index is 2.04. The second-order valence-corrected chi connectivity index (χ2v) is 7.39. The zero-order valence-corrected chi connectivity index (χ0v) is 14.7. The Morgan fingerprint density at radius 2 is 1.84 bits per heavy atom. The molecular weight excluding hydrogens is 321 g/mol. The van der Waals surface area contributed by atoms with Gasteiger partial charge in [-0.2, -0.15) is 0 Å². The molecule has 1 aromatic rings. The number of aliphatic hydroxyl groups excluding tert-OH is 1. The van der Waals surface area contributed by atoms with Crippen LogP contribution in [0.4, 0.5) is 4.39 Å². The van der Waals surface area contributed by atoms with Crippen LogP contribution in [-0.4, -0.2) is 27.7 Å². The molecule has 1 fully saturated rings. The van der Waals surface area contributed by atoms with Crippen molar-refractivity contribution in [1.82, 2.24) is 4.90 Å². The van der Waals surface area contributed by atoms with Crippen molar-refractivity contribution in [2.75, 3.05) is 0 Å². The van der Waals surface area contributed by atoms with Gasteiger partial charge in [0.05, 0.1) is 11.6 Å². The number of carbonyl (C=O) groups is 2. The van der Waals surface area contributed by atoms with E-state index in [1.807, 2.05) is 13.8 Å². The third kappa shape index (κ3) is 3.32. The number of nitrogens with zero attached hydrogens (tertiary/aromatic N) is 1. The average molecular weight is 345 g/mol. The molecule has 1 N–H and O–H groups in total. The van der Waals surface area contributed by atoms with Crippen molar-refractivity contribution in [3.63, 3.8) is 0 Å². The smallest absolute Gasteiger partial charge is 0.290 e. The van der Waals surface area contributed by atoms with Crippen LogP contribution in [0.25, 0.3) is 0 Å². The molecule has 0 aromatic heterocycles. The summed E-state index contributed by atoms with van der Waals surface area (Å²) in [6.45, 7) is 3.85. The third-order valence-corrected chi connectivity index (χ3v) is 5.04. The summed E-state index contributed by atoms with van der Waals surface area (Å²) >= 11 is 0. The summed E-state index contributed by atoms with van der Waals surface area (Å²) in [5, 5.41) is 10.5. The molecule has 1 unspecified atom stereocenters. The van der Waals surface area contributed by atoms with Crippen molar-refractivity contribution in [2.45, 2.75) is 58.0 Å². The summed E-state index contributed by atoms with van der Waals surface area (Å²) in [6.07, 6.45) is 4.05. The third-order valence-electron chi connectivity index (χ3n) is 5.04. The van der Waals surface area contributed by atoms with Crippen LogP contribution in [0.2, 0.25) is 0 Å². The fourth-order valence-electron chi connectivity index (χ4n) is 3.92. The van der Waals surface area contributed by atoms with Gasteiger partial charge < -0.3 is 10.0 Å². The molecule has 134 valence electrons. The first-order valence-electron chi connectivity index (χ1n) is 8.94. The van der Waals surface area contributed by atoms with E-state index in [0.717, 1.165) is 25.7 Å². The van der Waals surface area contributed by atoms with Crippen molar-refractivity contribution < 1.29 is 19.1 Å². The van der Waals surface area contributed by atoms with Crippen molar-refractivity contribution in [3.05, 3.63) is 47.0 Å². The number of rotatable bonds is 5. The van der Waals surface area contributed by atoms with E-state index >= 15 is 0 Å². The van der Waals surface area contributed by atoms with E-state index in [2.05, 4.69) is 0 Å². The minimum Gasteiger partial charge on any atom is -0.503 e. The van der Waals surface area contributed by atoms with Gasteiger partial charge in [0, 0.05) is 12.5 Å². The molecule has 0 radical (unpaired) electrons. The van der Waals surface area contributed by atoms with Crippen LogP contribution in [0.15, 0.2) is 35.6 Å². The van der Waals surface area contributed by atoms with Crippen LogP contribution in [0.1, 0.15) is 57.6 Å².